The Morgan fingerprint density at radius 2 is 1.24 bits per heavy atom. The summed E-state index contributed by atoms with van der Waals surface area (Å²) in [6.45, 7) is 3.68. The summed E-state index contributed by atoms with van der Waals surface area (Å²) < 4.78 is 137. The molecule has 2 rings (SSSR count). The van der Waals surface area contributed by atoms with Crippen LogP contribution in [-0.2, 0) is 37.8 Å². The minimum absolute atomic E-state index is 0.133. The average Bonchev–Trinajstić information content (AvgIpc) is 3.02. The fourth-order valence-corrected chi connectivity index (χ4v) is 4.56. The Morgan fingerprint density at radius 1 is 0.818 bits per heavy atom. The van der Waals surface area contributed by atoms with Gasteiger partial charge in [-0.2, -0.15) is 43.2 Å². The van der Waals surface area contributed by atoms with Crippen LogP contribution in [0.25, 0.3) is 0 Å². The zero-order valence-electron chi connectivity index (χ0n) is 17.5. The molecular weight excluding hydrogens is 506 g/mol. The Balaban J connectivity index is 2.59. The molecule has 33 heavy (non-hydrogen) atoms. The number of hydrogen-bond donors (Lipinski definition) is 0. The van der Waals surface area contributed by atoms with Crippen LogP contribution in [0.3, 0.4) is 0 Å². The molecule has 0 unspecified atom stereocenters. The highest BCUT2D eigenvalue weighted by molar-refractivity contribution is 7.88. The van der Waals surface area contributed by atoms with E-state index in [0.29, 0.717) is 25.0 Å². The van der Waals surface area contributed by atoms with Crippen molar-refractivity contribution >= 4 is 20.2 Å². The second kappa shape index (κ2) is 9.49. The Kier molecular flexibility index (Phi) is 7.91. The van der Waals surface area contributed by atoms with E-state index in [-0.39, 0.29) is 30.6 Å². The number of benzene rings is 1. The van der Waals surface area contributed by atoms with Crippen LogP contribution in [0, 0.1) is 0 Å². The molecule has 1 aliphatic rings. The van der Waals surface area contributed by atoms with Gasteiger partial charge in [0, 0.05) is 30.6 Å². The quantitative estimate of drug-likeness (QED) is 0.190. The predicted molar refractivity (Wildman–Crippen MR) is 104 cm³/mol. The molecule has 0 saturated heterocycles. The molecule has 0 saturated carbocycles. The second-order valence-corrected chi connectivity index (χ2v) is 10.5. The normalized spacial score (nSPS) is 16.5. The fourth-order valence-electron chi connectivity index (χ4n) is 3.59. The largest absolute Gasteiger partial charge is 0.534 e. The fraction of sp³-hybridized carbons (Fsp3) is 0.667. The zero-order chi connectivity index (χ0) is 25.3. The highest BCUT2D eigenvalue weighted by Crippen LogP contribution is 2.46. The third-order valence-electron chi connectivity index (χ3n) is 5.00. The first-order valence-corrected chi connectivity index (χ1v) is 12.6. The lowest BCUT2D eigenvalue weighted by Gasteiger charge is -2.29. The molecule has 0 heterocycles. The summed E-state index contributed by atoms with van der Waals surface area (Å²) in [6, 6.07) is 1.24. The molecule has 15 heteroatoms. The second-order valence-electron chi connectivity index (χ2n) is 7.41. The van der Waals surface area contributed by atoms with Gasteiger partial charge in [-0.25, -0.2) is 0 Å². The maximum atomic E-state index is 12.8. The van der Waals surface area contributed by atoms with Crippen LogP contribution in [0.5, 0.6) is 11.5 Å². The summed E-state index contributed by atoms with van der Waals surface area (Å²) >= 11 is 0. The van der Waals surface area contributed by atoms with Gasteiger partial charge in [0.25, 0.3) is 0 Å². The van der Waals surface area contributed by atoms with Crippen molar-refractivity contribution in [3.05, 3.63) is 23.3 Å². The van der Waals surface area contributed by atoms with Gasteiger partial charge >= 0.3 is 31.3 Å². The number of halogens is 6. The van der Waals surface area contributed by atoms with E-state index in [2.05, 4.69) is 8.37 Å². The van der Waals surface area contributed by atoms with Crippen molar-refractivity contribution in [2.45, 2.75) is 69.0 Å². The van der Waals surface area contributed by atoms with E-state index in [1.165, 1.54) is 0 Å². The van der Waals surface area contributed by atoms with Crippen LogP contribution in [0.15, 0.2) is 12.1 Å². The van der Waals surface area contributed by atoms with Crippen molar-refractivity contribution in [1.82, 2.24) is 0 Å². The maximum Gasteiger partial charge on any atom is 0.534 e. The van der Waals surface area contributed by atoms with Crippen molar-refractivity contribution in [3.63, 3.8) is 0 Å². The van der Waals surface area contributed by atoms with Gasteiger partial charge in [-0.15, -0.1) is 0 Å². The van der Waals surface area contributed by atoms with Crippen molar-refractivity contribution in [3.8, 4) is 11.5 Å². The van der Waals surface area contributed by atoms with Gasteiger partial charge in [-0.05, 0) is 25.5 Å². The van der Waals surface area contributed by atoms with Crippen molar-refractivity contribution < 1.29 is 56.3 Å². The Morgan fingerprint density at radius 3 is 1.58 bits per heavy atom. The van der Waals surface area contributed by atoms with Crippen LogP contribution >= 0.6 is 0 Å². The number of fused-ring (bicyclic) bond motifs is 1. The van der Waals surface area contributed by atoms with Gasteiger partial charge in [-0.3, -0.25) is 0 Å². The van der Waals surface area contributed by atoms with Gasteiger partial charge in [-0.1, -0.05) is 26.2 Å². The lowest BCUT2D eigenvalue weighted by Crippen LogP contribution is -2.34. The van der Waals surface area contributed by atoms with E-state index in [9.17, 15) is 43.2 Å². The van der Waals surface area contributed by atoms with E-state index in [4.69, 9.17) is 4.74 Å². The molecule has 190 valence electrons. The third kappa shape index (κ3) is 6.04. The minimum Gasteiger partial charge on any atom is -0.376 e. The molecule has 0 amide bonds. The van der Waals surface area contributed by atoms with E-state index < -0.39 is 48.4 Å². The number of unbranched alkanes of at least 4 members (excludes halogenated alkanes) is 2. The van der Waals surface area contributed by atoms with Gasteiger partial charge < -0.3 is 13.1 Å². The molecule has 0 spiro atoms. The van der Waals surface area contributed by atoms with Gasteiger partial charge in [0.15, 0.2) is 0 Å². The number of rotatable bonds is 10. The molecule has 1 aliphatic carbocycles. The standard InChI is InChI=1S/C18H22F6O7S2/c1-3-5-6-9-16(29-4-2)10-12-13(11-16)15(31-33(27,28)18(22,23)24)8-7-14(12)30-32(25,26)17(19,20)21/h7-8H,3-6,9-11H2,1-2H3. The van der Waals surface area contributed by atoms with Crippen LogP contribution in [0.4, 0.5) is 26.3 Å². The molecule has 0 atom stereocenters. The van der Waals surface area contributed by atoms with E-state index in [1.54, 1.807) is 6.92 Å². The highest BCUT2D eigenvalue weighted by atomic mass is 32.2. The molecule has 1 aromatic carbocycles. The summed E-state index contributed by atoms with van der Waals surface area (Å²) in [7, 11) is -12.2. The number of alkyl halides is 6. The molecule has 0 radical (unpaired) electrons. The molecule has 0 N–H and O–H groups in total. The lowest BCUT2D eigenvalue weighted by atomic mass is 9.92. The summed E-state index contributed by atoms with van der Waals surface area (Å²) in [5.41, 5.74) is -13.1. The number of ether oxygens (including phenoxy) is 1. The zero-order valence-corrected chi connectivity index (χ0v) is 19.2. The first kappa shape index (κ1) is 27.5. The predicted octanol–water partition coefficient (Wildman–Crippen LogP) is 4.60. The topological polar surface area (TPSA) is 96.0 Å². The van der Waals surface area contributed by atoms with Gasteiger partial charge in [0.1, 0.15) is 11.5 Å². The minimum atomic E-state index is -6.09. The first-order valence-electron chi connectivity index (χ1n) is 9.79. The van der Waals surface area contributed by atoms with Crippen LogP contribution < -0.4 is 8.37 Å². The SMILES string of the molecule is CCCCCC1(OCC)Cc2c(OS(=O)(=O)C(F)(F)F)ccc(OS(=O)(=O)C(F)(F)F)c2C1. The molecule has 1 aromatic rings. The van der Waals surface area contributed by atoms with E-state index >= 15 is 0 Å². The van der Waals surface area contributed by atoms with Crippen molar-refractivity contribution in [2.75, 3.05) is 6.61 Å². The molecule has 0 bridgehead atoms. The monoisotopic (exact) mass is 528 g/mol. The molecular formula is C18H22F6O7S2. The van der Waals surface area contributed by atoms with Gasteiger partial charge in [0.05, 0.1) is 5.60 Å². The molecule has 0 aliphatic heterocycles. The summed E-state index contributed by atoms with van der Waals surface area (Å²) in [5.74, 6) is -1.59. The summed E-state index contributed by atoms with van der Waals surface area (Å²) in [5, 5.41) is 0. The van der Waals surface area contributed by atoms with Crippen molar-refractivity contribution in [2.24, 2.45) is 0 Å². The Hall–Kier alpha value is -1.74. The maximum absolute atomic E-state index is 12.8. The smallest absolute Gasteiger partial charge is 0.376 e. The molecule has 0 fully saturated rings. The van der Waals surface area contributed by atoms with Crippen LogP contribution in [0.1, 0.15) is 50.7 Å². The van der Waals surface area contributed by atoms with Crippen LogP contribution in [0.2, 0.25) is 0 Å². The first-order chi connectivity index (χ1) is 15.0. The summed E-state index contributed by atoms with van der Waals surface area (Å²) in [4.78, 5) is 0. The Bertz CT molecular complexity index is 988. The number of hydrogen-bond acceptors (Lipinski definition) is 7. The van der Waals surface area contributed by atoms with E-state index in [1.807, 2.05) is 6.92 Å². The Labute approximate surface area is 187 Å². The average molecular weight is 528 g/mol. The highest BCUT2D eigenvalue weighted by Gasteiger charge is 2.51. The molecule has 0 aromatic heterocycles. The van der Waals surface area contributed by atoms with Crippen LogP contribution in [-0.4, -0.2) is 40.1 Å². The molecule has 7 nitrogen and oxygen atoms in total. The summed E-state index contributed by atoms with van der Waals surface area (Å²) in [6.07, 6.45) is 2.06. The third-order valence-corrected chi connectivity index (χ3v) is 6.93. The van der Waals surface area contributed by atoms with E-state index in [0.717, 1.165) is 12.8 Å². The van der Waals surface area contributed by atoms with Crippen molar-refractivity contribution in [1.29, 1.82) is 0 Å². The van der Waals surface area contributed by atoms with Gasteiger partial charge in [0.2, 0.25) is 0 Å². The lowest BCUT2D eigenvalue weighted by molar-refractivity contribution is -0.0506.